The fourth-order valence-corrected chi connectivity index (χ4v) is 1.66. The molecule has 0 amide bonds. The van der Waals surface area contributed by atoms with E-state index in [9.17, 15) is 0 Å². The highest BCUT2D eigenvalue weighted by Crippen LogP contribution is 2.03. The first kappa shape index (κ1) is 13.0. The van der Waals surface area contributed by atoms with Gasteiger partial charge in [0.25, 0.3) is 0 Å². The van der Waals surface area contributed by atoms with Crippen LogP contribution in [0.15, 0.2) is 18.2 Å². The first-order valence-electron chi connectivity index (χ1n) is 6.09. The van der Waals surface area contributed by atoms with Crippen LogP contribution < -0.4 is 5.32 Å². The van der Waals surface area contributed by atoms with Crippen LogP contribution in [-0.4, -0.2) is 22.9 Å². The van der Waals surface area contributed by atoms with Crippen LogP contribution in [0.3, 0.4) is 0 Å². The molecule has 1 aromatic heterocycles. The van der Waals surface area contributed by atoms with Crippen molar-refractivity contribution in [2.24, 2.45) is 7.05 Å². The summed E-state index contributed by atoms with van der Waals surface area (Å²) in [6.45, 7) is 6.42. The maximum Gasteiger partial charge on any atom is 0.0596 e. The Morgan fingerprint density at radius 1 is 1.38 bits per heavy atom. The SMILES string of the molecule is CCCNCCC=CCc1cc(C)nn1C. The number of allylic oxidation sites excluding steroid dienone is 1. The van der Waals surface area contributed by atoms with E-state index in [1.807, 2.05) is 18.7 Å². The smallest absolute Gasteiger partial charge is 0.0596 e. The summed E-state index contributed by atoms with van der Waals surface area (Å²) in [4.78, 5) is 0. The van der Waals surface area contributed by atoms with Gasteiger partial charge in [0.2, 0.25) is 0 Å². The van der Waals surface area contributed by atoms with Crippen molar-refractivity contribution in [2.75, 3.05) is 13.1 Å². The molecule has 0 saturated heterocycles. The first-order chi connectivity index (χ1) is 7.74. The van der Waals surface area contributed by atoms with Gasteiger partial charge in [-0.25, -0.2) is 0 Å². The largest absolute Gasteiger partial charge is 0.316 e. The van der Waals surface area contributed by atoms with Gasteiger partial charge in [-0.3, -0.25) is 4.68 Å². The molecule has 1 N–H and O–H groups in total. The van der Waals surface area contributed by atoms with Gasteiger partial charge in [0.05, 0.1) is 5.69 Å². The zero-order chi connectivity index (χ0) is 11.8. The molecule has 90 valence electrons. The Morgan fingerprint density at radius 3 is 2.81 bits per heavy atom. The van der Waals surface area contributed by atoms with Crippen LogP contribution in [0.2, 0.25) is 0 Å². The molecule has 3 heteroatoms. The molecule has 0 fully saturated rings. The molecule has 1 rings (SSSR count). The molecule has 0 aliphatic heterocycles. The number of aryl methyl sites for hydroxylation is 2. The van der Waals surface area contributed by atoms with Crippen molar-refractivity contribution in [3.05, 3.63) is 29.6 Å². The van der Waals surface area contributed by atoms with E-state index in [1.54, 1.807) is 0 Å². The minimum atomic E-state index is 0.977. The lowest BCUT2D eigenvalue weighted by Crippen LogP contribution is -2.15. The van der Waals surface area contributed by atoms with Crippen molar-refractivity contribution in [2.45, 2.75) is 33.1 Å². The third kappa shape index (κ3) is 4.62. The highest BCUT2D eigenvalue weighted by atomic mass is 15.3. The first-order valence-corrected chi connectivity index (χ1v) is 6.09. The van der Waals surface area contributed by atoms with Gasteiger partial charge in [-0.15, -0.1) is 0 Å². The van der Waals surface area contributed by atoms with Crippen molar-refractivity contribution in [3.63, 3.8) is 0 Å². The third-order valence-electron chi connectivity index (χ3n) is 2.51. The van der Waals surface area contributed by atoms with E-state index >= 15 is 0 Å². The Hall–Kier alpha value is -1.09. The molecular weight excluding hydrogens is 198 g/mol. The molecule has 0 aliphatic rings. The van der Waals surface area contributed by atoms with Crippen molar-refractivity contribution in [1.29, 1.82) is 0 Å². The Kier molecular flexibility index (Phi) is 5.86. The van der Waals surface area contributed by atoms with E-state index in [0.717, 1.165) is 31.6 Å². The summed E-state index contributed by atoms with van der Waals surface area (Å²) in [6.07, 6.45) is 7.76. The second-order valence-electron chi connectivity index (χ2n) is 4.11. The topological polar surface area (TPSA) is 29.9 Å². The van der Waals surface area contributed by atoms with Crippen LogP contribution in [0.4, 0.5) is 0 Å². The van der Waals surface area contributed by atoms with Crippen molar-refractivity contribution in [1.82, 2.24) is 15.1 Å². The van der Waals surface area contributed by atoms with Gasteiger partial charge < -0.3 is 5.32 Å². The van der Waals surface area contributed by atoms with Gasteiger partial charge in [0.15, 0.2) is 0 Å². The van der Waals surface area contributed by atoms with Gasteiger partial charge in [-0.1, -0.05) is 19.1 Å². The number of nitrogens with zero attached hydrogens (tertiary/aromatic N) is 2. The van der Waals surface area contributed by atoms with Crippen LogP contribution in [-0.2, 0) is 13.5 Å². The van der Waals surface area contributed by atoms with Crippen LogP contribution >= 0.6 is 0 Å². The minimum Gasteiger partial charge on any atom is -0.316 e. The Labute approximate surface area is 98.5 Å². The van der Waals surface area contributed by atoms with E-state index in [1.165, 1.54) is 12.1 Å². The average molecular weight is 221 g/mol. The Balaban J connectivity index is 2.19. The molecule has 0 aromatic carbocycles. The quantitative estimate of drug-likeness (QED) is 0.565. The van der Waals surface area contributed by atoms with Crippen molar-refractivity contribution >= 4 is 0 Å². The van der Waals surface area contributed by atoms with E-state index in [0.29, 0.717) is 0 Å². The second-order valence-corrected chi connectivity index (χ2v) is 4.11. The van der Waals surface area contributed by atoms with Crippen LogP contribution in [0.25, 0.3) is 0 Å². The van der Waals surface area contributed by atoms with Gasteiger partial charge in [-0.05, 0) is 38.9 Å². The molecule has 0 unspecified atom stereocenters. The molecule has 16 heavy (non-hydrogen) atoms. The average Bonchev–Trinajstić information content (AvgIpc) is 2.56. The van der Waals surface area contributed by atoms with E-state index in [2.05, 4.69) is 35.6 Å². The van der Waals surface area contributed by atoms with Gasteiger partial charge >= 0.3 is 0 Å². The predicted octanol–water partition coefficient (Wildman–Crippen LogP) is 2.22. The van der Waals surface area contributed by atoms with Crippen LogP contribution in [0.1, 0.15) is 31.2 Å². The lowest BCUT2D eigenvalue weighted by Gasteiger charge is -1.99. The summed E-state index contributed by atoms with van der Waals surface area (Å²) in [7, 11) is 2.00. The monoisotopic (exact) mass is 221 g/mol. The van der Waals surface area contributed by atoms with E-state index < -0.39 is 0 Å². The maximum atomic E-state index is 4.32. The summed E-state index contributed by atoms with van der Waals surface area (Å²) >= 11 is 0. The molecule has 0 bridgehead atoms. The summed E-state index contributed by atoms with van der Waals surface area (Å²) in [6, 6.07) is 2.14. The standard InChI is InChI=1S/C13H23N3/c1-4-9-14-10-7-5-6-8-13-11-12(2)15-16(13)3/h5-6,11,14H,4,7-10H2,1-3H3. The predicted molar refractivity (Wildman–Crippen MR) is 68.6 cm³/mol. The summed E-state index contributed by atoms with van der Waals surface area (Å²) < 4.78 is 1.95. The van der Waals surface area contributed by atoms with Crippen LogP contribution in [0, 0.1) is 6.92 Å². The molecule has 0 saturated carbocycles. The molecule has 0 atom stereocenters. The Morgan fingerprint density at radius 2 is 2.19 bits per heavy atom. The van der Waals surface area contributed by atoms with Crippen LogP contribution in [0.5, 0.6) is 0 Å². The zero-order valence-electron chi connectivity index (χ0n) is 10.7. The molecule has 0 radical (unpaired) electrons. The highest BCUT2D eigenvalue weighted by Gasteiger charge is 1.98. The summed E-state index contributed by atoms with van der Waals surface area (Å²) in [5.74, 6) is 0. The Bertz CT molecular complexity index is 326. The van der Waals surface area contributed by atoms with Crippen molar-refractivity contribution in [3.8, 4) is 0 Å². The number of nitrogens with one attached hydrogen (secondary N) is 1. The summed E-state index contributed by atoms with van der Waals surface area (Å²) in [5.41, 5.74) is 2.37. The highest BCUT2D eigenvalue weighted by molar-refractivity contribution is 5.11. The van der Waals surface area contributed by atoms with E-state index in [-0.39, 0.29) is 0 Å². The number of hydrogen-bond acceptors (Lipinski definition) is 2. The molecule has 0 aliphatic carbocycles. The minimum absolute atomic E-state index is 0.977. The van der Waals surface area contributed by atoms with Gasteiger partial charge in [-0.2, -0.15) is 5.10 Å². The van der Waals surface area contributed by atoms with Crippen molar-refractivity contribution < 1.29 is 0 Å². The second kappa shape index (κ2) is 7.23. The lowest BCUT2D eigenvalue weighted by molar-refractivity contribution is 0.677. The molecular formula is C13H23N3. The maximum absolute atomic E-state index is 4.32. The number of aromatic nitrogens is 2. The lowest BCUT2D eigenvalue weighted by atomic mass is 10.2. The van der Waals surface area contributed by atoms with Gasteiger partial charge in [0.1, 0.15) is 0 Å². The zero-order valence-corrected chi connectivity index (χ0v) is 10.7. The summed E-state index contributed by atoms with van der Waals surface area (Å²) in [5, 5.41) is 7.70. The molecule has 0 spiro atoms. The normalized spacial score (nSPS) is 11.4. The molecule has 1 heterocycles. The molecule has 3 nitrogen and oxygen atoms in total. The fourth-order valence-electron chi connectivity index (χ4n) is 1.66. The number of rotatable bonds is 7. The molecule has 1 aromatic rings. The third-order valence-corrected chi connectivity index (χ3v) is 2.51. The van der Waals surface area contributed by atoms with E-state index in [4.69, 9.17) is 0 Å². The number of hydrogen-bond donors (Lipinski definition) is 1. The van der Waals surface area contributed by atoms with Gasteiger partial charge in [0, 0.05) is 19.2 Å². The fraction of sp³-hybridized carbons (Fsp3) is 0.615.